The fourth-order valence-corrected chi connectivity index (χ4v) is 2.91. The minimum atomic E-state index is 0.756. The summed E-state index contributed by atoms with van der Waals surface area (Å²) in [4.78, 5) is 0. The molecular formula is C10H10ClNS. The topological polar surface area (TPSA) is 26.0 Å². The van der Waals surface area contributed by atoms with Crippen molar-refractivity contribution in [1.82, 2.24) is 0 Å². The second-order valence-corrected chi connectivity index (χ2v) is 4.27. The highest BCUT2D eigenvalue weighted by molar-refractivity contribution is 7.17. The highest BCUT2D eigenvalue weighted by Gasteiger charge is 2.08. The van der Waals surface area contributed by atoms with Crippen LogP contribution in [0.4, 0.5) is 5.69 Å². The van der Waals surface area contributed by atoms with Crippen LogP contribution in [-0.4, -0.2) is 0 Å². The van der Waals surface area contributed by atoms with E-state index in [0.29, 0.717) is 0 Å². The SMILES string of the molecule is CCc1c(N)cc(Cl)c2ccsc12. The van der Waals surface area contributed by atoms with Crippen LogP contribution in [0.15, 0.2) is 17.5 Å². The predicted octanol–water partition coefficient (Wildman–Crippen LogP) is 3.70. The molecule has 0 saturated carbocycles. The number of rotatable bonds is 1. The lowest BCUT2D eigenvalue weighted by molar-refractivity contribution is 1.17. The quantitative estimate of drug-likeness (QED) is 0.716. The van der Waals surface area contributed by atoms with Gasteiger partial charge in [-0.1, -0.05) is 18.5 Å². The number of halogens is 1. The molecule has 2 rings (SSSR count). The fourth-order valence-electron chi connectivity index (χ4n) is 1.53. The van der Waals surface area contributed by atoms with E-state index in [1.165, 1.54) is 10.3 Å². The van der Waals surface area contributed by atoms with Crippen molar-refractivity contribution in [3.8, 4) is 0 Å². The van der Waals surface area contributed by atoms with Crippen LogP contribution in [0.5, 0.6) is 0 Å². The van der Waals surface area contributed by atoms with Gasteiger partial charge in [0, 0.05) is 15.8 Å². The van der Waals surface area contributed by atoms with E-state index in [9.17, 15) is 0 Å². The first kappa shape index (κ1) is 8.85. The fraction of sp³-hybridized carbons (Fsp3) is 0.200. The maximum atomic E-state index is 6.06. The zero-order valence-electron chi connectivity index (χ0n) is 7.30. The van der Waals surface area contributed by atoms with Crippen molar-refractivity contribution in [2.45, 2.75) is 13.3 Å². The van der Waals surface area contributed by atoms with Crippen LogP contribution in [-0.2, 0) is 6.42 Å². The molecule has 2 aromatic rings. The Labute approximate surface area is 86.1 Å². The zero-order valence-corrected chi connectivity index (χ0v) is 8.88. The van der Waals surface area contributed by atoms with Gasteiger partial charge in [0.25, 0.3) is 0 Å². The Morgan fingerprint density at radius 3 is 3.00 bits per heavy atom. The van der Waals surface area contributed by atoms with Gasteiger partial charge in [0.1, 0.15) is 0 Å². The third kappa shape index (κ3) is 1.30. The summed E-state index contributed by atoms with van der Waals surface area (Å²) in [5.41, 5.74) is 7.90. The lowest BCUT2D eigenvalue weighted by Gasteiger charge is -2.05. The summed E-state index contributed by atoms with van der Waals surface area (Å²) in [5, 5.41) is 3.93. The summed E-state index contributed by atoms with van der Waals surface area (Å²) in [5.74, 6) is 0. The Hall–Kier alpha value is -0.730. The van der Waals surface area contributed by atoms with Gasteiger partial charge < -0.3 is 5.73 Å². The lowest BCUT2D eigenvalue weighted by atomic mass is 10.1. The van der Waals surface area contributed by atoms with E-state index in [2.05, 4.69) is 12.3 Å². The van der Waals surface area contributed by atoms with E-state index in [1.807, 2.05) is 12.1 Å². The molecule has 0 bridgehead atoms. The number of aryl methyl sites for hydroxylation is 1. The van der Waals surface area contributed by atoms with Gasteiger partial charge in [0.2, 0.25) is 0 Å². The number of fused-ring (bicyclic) bond motifs is 1. The summed E-state index contributed by atoms with van der Waals surface area (Å²) in [7, 11) is 0. The van der Waals surface area contributed by atoms with Gasteiger partial charge in [0.05, 0.1) is 5.02 Å². The van der Waals surface area contributed by atoms with E-state index in [0.717, 1.165) is 22.5 Å². The molecule has 0 fully saturated rings. The van der Waals surface area contributed by atoms with Crippen LogP contribution >= 0.6 is 22.9 Å². The van der Waals surface area contributed by atoms with Crippen molar-refractivity contribution in [3.05, 3.63) is 28.1 Å². The Morgan fingerprint density at radius 1 is 1.54 bits per heavy atom. The van der Waals surface area contributed by atoms with Gasteiger partial charge in [-0.3, -0.25) is 0 Å². The van der Waals surface area contributed by atoms with E-state index in [1.54, 1.807) is 11.3 Å². The lowest BCUT2D eigenvalue weighted by Crippen LogP contribution is -1.92. The molecule has 0 aliphatic carbocycles. The van der Waals surface area contributed by atoms with Crippen LogP contribution in [0.3, 0.4) is 0 Å². The Bertz CT molecular complexity index is 447. The van der Waals surface area contributed by atoms with Gasteiger partial charge in [-0.2, -0.15) is 0 Å². The molecule has 1 aromatic carbocycles. The van der Waals surface area contributed by atoms with Crippen molar-refractivity contribution in [1.29, 1.82) is 0 Å². The molecule has 0 saturated heterocycles. The third-order valence-corrected chi connectivity index (χ3v) is 3.47. The molecule has 1 nitrogen and oxygen atoms in total. The standard InChI is InChI=1S/C10H10ClNS/c1-2-6-9(12)5-8(11)7-3-4-13-10(6)7/h3-5H,2,12H2,1H3. The van der Waals surface area contributed by atoms with Crippen LogP contribution < -0.4 is 5.73 Å². The molecule has 0 aliphatic heterocycles. The van der Waals surface area contributed by atoms with Crippen molar-refractivity contribution < 1.29 is 0 Å². The second-order valence-electron chi connectivity index (χ2n) is 2.94. The molecule has 0 aliphatic rings. The number of hydrogen-bond acceptors (Lipinski definition) is 2. The zero-order chi connectivity index (χ0) is 9.42. The third-order valence-electron chi connectivity index (χ3n) is 2.18. The van der Waals surface area contributed by atoms with Gasteiger partial charge >= 0.3 is 0 Å². The molecule has 68 valence electrons. The molecular weight excluding hydrogens is 202 g/mol. The van der Waals surface area contributed by atoms with Gasteiger partial charge in [-0.05, 0) is 29.5 Å². The molecule has 0 unspecified atom stereocenters. The van der Waals surface area contributed by atoms with Crippen molar-refractivity contribution in [2.24, 2.45) is 0 Å². The number of anilines is 1. The molecule has 2 N–H and O–H groups in total. The largest absolute Gasteiger partial charge is 0.398 e. The van der Waals surface area contributed by atoms with Crippen molar-refractivity contribution >= 4 is 38.7 Å². The number of nitrogen functional groups attached to an aromatic ring is 1. The molecule has 1 aromatic heterocycles. The molecule has 0 spiro atoms. The number of nitrogens with two attached hydrogens (primary N) is 1. The summed E-state index contributed by atoms with van der Waals surface area (Å²) in [6.07, 6.45) is 0.958. The van der Waals surface area contributed by atoms with Gasteiger partial charge in [-0.15, -0.1) is 11.3 Å². The molecule has 3 heteroatoms. The maximum Gasteiger partial charge on any atom is 0.0513 e. The molecule has 0 radical (unpaired) electrons. The summed E-state index contributed by atoms with van der Waals surface area (Å²) < 4.78 is 1.23. The summed E-state index contributed by atoms with van der Waals surface area (Å²) >= 11 is 7.76. The molecule has 13 heavy (non-hydrogen) atoms. The average Bonchev–Trinajstić information content (AvgIpc) is 2.53. The first-order chi connectivity index (χ1) is 6.24. The van der Waals surface area contributed by atoms with Crippen LogP contribution in [0.2, 0.25) is 5.02 Å². The van der Waals surface area contributed by atoms with E-state index >= 15 is 0 Å². The molecule has 0 atom stereocenters. The Balaban J connectivity index is 2.88. The first-order valence-corrected chi connectivity index (χ1v) is 5.44. The minimum absolute atomic E-state index is 0.756. The number of thiophene rings is 1. The smallest absolute Gasteiger partial charge is 0.0513 e. The Kier molecular flexibility index (Phi) is 2.18. The first-order valence-electron chi connectivity index (χ1n) is 4.18. The maximum absolute atomic E-state index is 6.06. The van der Waals surface area contributed by atoms with E-state index in [-0.39, 0.29) is 0 Å². The van der Waals surface area contributed by atoms with Crippen LogP contribution in [0.1, 0.15) is 12.5 Å². The number of benzene rings is 1. The summed E-state index contributed by atoms with van der Waals surface area (Å²) in [6, 6.07) is 3.89. The summed E-state index contributed by atoms with van der Waals surface area (Å²) in [6.45, 7) is 2.11. The second kappa shape index (κ2) is 3.20. The Morgan fingerprint density at radius 2 is 2.31 bits per heavy atom. The van der Waals surface area contributed by atoms with Crippen molar-refractivity contribution in [3.63, 3.8) is 0 Å². The number of hydrogen-bond donors (Lipinski definition) is 1. The van der Waals surface area contributed by atoms with E-state index < -0.39 is 0 Å². The van der Waals surface area contributed by atoms with Crippen LogP contribution in [0, 0.1) is 0 Å². The van der Waals surface area contributed by atoms with Gasteiger partial charge in [-0.25, -0.2) is 0 Å². The molecule has 0 amide bonds. The normalized spacial score (nSPS) is 10.9. The average molecular weight is 212 g/mol. The highest BCUT2D eigenvalue weighted by atomic mass is 35.5. The predicted molar refractivity (Wildman–Crippen MR) is 60.6 cm³/mol. The monoisotopic (exact) mass is 211 g/mol. The minimum Gasteiger partial charge on any atom is -0.398 e. The van der Waals surface area contributed by atoms with Crippen molar-refractivity contribution in [2.75, 3.05) is 5.73 Å². The molecule has 1 heterocycles. The van der Waals surface area contributed by atoms with E-state index in [4.69, 9.17) is 17.3 Å². The van der Waals surface area contributed by atoms with Gasteiger partial charge in [0.15, 0.2) is 0 Å². The van der Waals surface area contributed by atoms with Crippen LogP contribution in [0.25, 0.3) is 10.1 Å². The highest BCUT2D eigenvalue weighted by Crippen LogP contribution is 2.34.